The van der Waals surface area contributed by atoms with E-state index in [0.29, 0.717) is 13.0 Å². The highest BCUT2D eigenvalue weighted by molar-refractivity contribution is 7.19. The number of rotatable bonds is 8. The van der Waals surface area contributed by atoms with Crippen LogP contribution in [-0.4, -0.2) is 40.0 Å². The number of carboxylic acid groups (broad SMARTS) is 1. The van der Waals surface area contributed by atoms with Crippen molar-refractivity contribution in [1.82, 2.24) is 15.3 Å². The molecule has 0 aliphatic carbocycles. The van der Waals surface area contributed by atoms with Gasteiger partial charge in [-0.05, 0) is 18.9 Å². The second kappa shape index (κ2) is 8.59. The number of carboxylic acids is 1. The Balaban J connectivity index is 1.72. The van der Waals surface area contributed by atoms with Crippen molar-refractivity contribution < 1.29 is 14.7 Å². The molecule has 140 valence electrons. The van der Waals surface area contributed by atoms with Crippen LogP contribution in [-0.2, 0) is 9.59 Å². The summed E-state index contributed by atoms with van der Waals surface area (Å²) >= 11 is 1.63. The minimum atomic E-state index is -1.05. The lowest BCUT2D eigenvalue weighted by atomic mass is 10.0. The predicted octanol–water partition coefficient (Wildman–Crippen LogP) is 3.06. The van der Waals surface area contributed by atoms with E-state index in [2.05, 4.69) is 39.7 Å². The van der Waals surface area contributed by atoms with Crippen LogP contribution in [0.3, 0.4) is 0 Å². The number of hydrogen-bond acceptors (Lipinski definition) is 6. The summed E-state index contributed by atoms with van der Waals surface area (Å²) < 4.78 is 0. The van der Waals surface area contributed by atoms with E-state index < -0.39 is 5.97 Å². The maximum atomic E-state index is 11.6. The van der Waals surface area contributed by atoms with E-state index in [9.17, 15) is 9.59 Å². The number of thiophene rings is 1. The first kappa shape index (κ1) is 18.8. The summed E-state index contributed by atoms with van der Waals surface area (Å²) in [5.41, 5.74) is 2.24. The first-order valence-electron chi connectivity index (χ1n) is 8.58. The SMILES string of the molecule is Cc1sc2ncnc(NCCCC(=O)NCC(=O)O)c2c1-c1ccccc1. The average molecular weight is 384 g/mol. The van der Waals surface area contributed by atoms with Gasteiger partial charge in [0.15, 0.2) is 0 Å². The molecule has 2 aromatic heterocycles. The molecule has 8 heteroatoms. The molecule has 0 saturated heterocycles. The Bertz CT molecular complexity index is 956. The lowest BCUT2D eigenvalue weighted by molar-refractivity contribution is -0.137. The van der Waals surface area contributed by atoms with Crippen LogP contribution >= 0.6 is 11.3 Å². The normalized spacial score (nSPS) is 10.7. The largest absolute Gasteiger partial charge is 0.480 e. The van der Waals surface area contributed by atoms with Crippen molar-refractivity contribution in [3.8, 4) is 11.1 Å². The molecular formula is C19H20N4O3S. The molecule has 0 fully saturated rings. The van der Waals surface area contributed by atoms with Gasteiger partial charge in [-0.2, -0.15) is 0 Å². The molecule has 0 atom stereocenters. The van der Waals surface area contributed by atoms with Crippen LogP contribution in [0.25, 0.3) is 21.3 Å². The van der Waals surface area contributed by atoms with E-state index in [1.807, 2.05) is 18.2 Å². The Morgan fingerprint density at radius 1 is 1.19 bits per heavy atom. The summed E-state index contributed by atoms with van der Waals surface area (Å²) in [5.74, 6) is -0.580. The molecule has 2 heterocycles. The summed E-state index contributed by atoms with van der Waals surface area (Å²) in [5, 5.41) is 15.2. The summed E-state index contributed by atoms with van der Waals surface area (Å²) in [6, 6.07) is 10.1. The maximum absolute atomic E-state index is 11.6. The van der Waals surface area contributed by atoms with Gasteiger partial charge in [0.1, 0.15) is 23.5 Å². The zero-order valence-corrected chi connectivity index (χ0v) is 15.7. The third kappa shape index (κ3) is 4.59. The van der Waals surface area contributed by atoms with Crippen LogP contribution in [0, 0.1) is 6.92 Å². The van der Waals surface area contributed by atoms with Gasteiger partial charge in [0.25, 0.3) is 0 Å². The smallest absolute Gasteiger partial charge is 0.322 e. The van der Waals surface area contributed by atoms with Crippen LogP contribution in [0.15, 0.2) is 36.7 Å². The quantitative estimate of drug-likeness (QED) is 0.516. The molecule has 0 aliphatic rings. The number of aryl methyl sites for hydroxylation is 1. The molecule has 0 aliphatic heterocycles. The lowest BCUT2D eigenvalue weighted by Gasteiger charge is -2.09. The number of amides is 1. The fraction of sp³-hybridized carbons (Fsp3) is 0.263. The number of aromatic nitrogens is 2. The molecule has 0 unspecified atom stereocenters. The number of aliphatic carboxylic acids is 1. The highest BCUT2D eigenvalue weighted by Gasteiger charge is 2.16. The van der Waals surface area contributed by atoms with Crippen LogP contribution < -0.4 is 10.6 Å². The van der Waals surface area contributed by atoms with E-state index in [4.69, 9.17) is 5.11 Å². The minimum absolute atomic E-state index is 0.253. The number of anilines is 1. The van der Waals surface area contributed by atoms with Crippen LogP contribution in [0.2, 0.25) is 0 Å². The zero-order valence-electron chi connectivity index (χ0n) is 14.9. The van der Waals surface area contributed by atoms with E-state index in [0.717, 1.165) is 27.2 Å². The molecule has 1 amide bonds. The third-order valence-electron chi connectivity index (χ3n) is 4.04. The highest BCUT2D eigenvalue weighted by atomic mass is 32.1. The van der Waals surface area contributed by atoms with Gasteiger partial charge in [0.05, 0.1) is 5.39 Å². The van der Waals surface area contributed by atoms with Crippen LogP contribution in [0.4, 0.5) is 5.82 Å². The third-order valence-corrected chi connectivity index (χ3v) is 5.05. The predicted molar refractivity (Wildman–Crippen MR) is 106 cm³/mol. The van der Waals surface area contributed by atoms with Gasteiger partial charge in [-0.15, -0.1) is 11.3 Å². The van der Waals surface area contributed by atoms with Gasteiger partial charge in [0, 0.05) is 23.4 Å². The van der Waals surface area contributed by atoms with Gasteiger partial charge in [-0.1, -0.05) is 30.3 Å². The number of nitrogens with one attached hydrogen (secondary N) is 2. The number of carbonyl (C=O) groups is 2. The van der Waals surface area contributed by atoms with Gasteiger partial charge in [-0.3, -0.25) is 9.59 Å². The van der Waals surface area contributed by atoms with E-state index in [-0.39, 0.29) is 18.9 Å². The summed E-state index contributed by atoms with van der Waals surface area (Å²) in [6.07, 6.45) is 2.36. The molecule has 7 nitrogen and oxygen atoms in total. The molecule has 0 bridgehead atoms. The molecule has 0 radical (unpaired) electrons. The zero-order chi connectivity index (χ0) is 19.2. The highest BCUT2D eigenvalue weighted by Crippen LogP contribution is 2.40. The van der Waals surface area contributed by atoms with Crippen molar-refractivity contribution in [3.05, 3.63) is 41.5 Å². The van der Waals surface area contributed by atoms with Gasteiger partial charge in [-0.25, -0.2) is 9.97 Å². The monoisotopic (exact) mass is 384 g/mol. The second-order valence-electron chi connectivity index (χ2n) is 6.00. The fourth-order valence-electron chi connectivity index (χ4n) is 2.85. The van der Waals surface area contributed by atoms with Crippen molar-refractivity contribution in [1.29, 1.82) is 0 Å². The second-order valence-corrected chi connectivity index (χ2v) is 7.21. The van der Waals surface area contributed by atoms with Gasteiger partial charge in [0.2, 0.25) is 5.91 Å². The first-order chi connectivity index (χ1) is 13.1. The molecule has 3 rings (SSSR count). The Kier molecular flexibility index (Phi) is 5.97. The Morgan fingerprint density at radius 3 is 2.70 bits per heavy atom. The molecule has 3 N–H and O–H groups in total. The van der Waals surface area contributed by atoms with E-state index in [1.165, 1.54) is 11.2 Å². The molecule has 0 saturated carbocycles. The molecule has 1 aromatic carbocycles. The summed E-state index contributed by atoms with van der Waals surface area (Å²) in [6.45, 7) is 2.27. The first-order valence-corrected chi connectivity index (χ1v) is 9.40. The average Bonchev–Trinajstić information content (AvgIpc) is 3.00. The molecular weight excluding hydrogens is 364 g/mol. The van der Waals surface area contributed by atoms with Crippen molar-refractivity contribution in [2.24, 2.45) is 0 Å². The lowest BCUT2D eigenvalue weighted by Crippen LogP contribution is -2.29. The Morgan fingerprint density at radius 2 is 1.96 bits per heavy atom. The topological polar surface area (TPSA) is 104 Å². The number of nitrogens with zero attached hydrogens (tertiary/aromatic N) is 2. The summed E-state index contributed by atoms with van der Waals surface area (Å²) in [7, 11) is 0. The molecule has 3 aromatic rings. The standard InChI is InChI=1S/C19H20N4O3S/c1-12-16(13-6-3-2-4-7-13)17-18(22-11-23-19(17)27-12)20-9-5-8-14(24)21-10-15(25)26/h2-4,6-7,11H,5,8-10H2,1H3,(H,21,24)(H,25,26)(H,20,22,23). The van der Waals surface area contributed by atoms with Gasteiger partial charge >= 0.3 is 5.97 Å². The number of hydrogen-bond donors (Lipinski definition) is 3. The molecule has 0 spiro atoms. The minimum Gasteiger partial charge on any atom is -0.480 e. The molecule has 27 heavy (non-hydrogen) atoms. The van der Waals surface area contributed by atoms with Crippen LogP contribution in [0.1, 0.15) is 17.7 Å². The van der Waals surface area contributed by atoms with Crippen molar-refractivity contribution in [2.45, 2.75) is 19.8 Å². The van der Waals surface area contributed by atoms with Crippen LogP contribution in [0.5, 0.6) is 0 Å². The Hall–Kier alpha value is -3.00. The van der Waals surface area contributed by atoms with E-state index in [1.54, 1.807) is 11.3 Å². The van der Waals surface area contributed by atoms with E-state index >= 15 is 0 Å². The van der Waals surface area contributed by atoms with Gasteiger partial charge < -0.3 is 15.7 Å². The Labute approximate surface area is 160 Å². The van der Waals surface area contributed by atoms with Crippen molar-refractivity contribution in [3.63, 3.8) is 0 Å². The summed E-state index contributed by atoms with van der Waals surface area (Å²) in [4.78, 5) is 32.9. The number of fused-ring (bicyclic) bond motifs is 1. The fourth-order valence-corrected chi connectivity index (χ4v) is 3.86. The maximum Gasteiger partial charge on any atom is 0.322 e. The van der Waals surface area contributed by atoms with Crippen molar-refractivity contribution >= 4 is 39.2 Å². The number of carbonyl (C=O) groups excluding carboxylic acids is 1. The number of benzene rings is 1. The van der Waals surface area contributed by atoms with Crippen molar-refractivity contribution in [2.75, 3.05) is 18.4 Å².